The third-order valence-corrected chi connectivity index (χ3v) is 5.06. The molecule has 0 saturated heterocycles. The SMILES string of the molecule is CC(Sc1ncc(-c2ccccc2)n1C)c1cccc([N+](=O)[O-])c1. The summed E-state index contributed by atoms with van der Waals surface area (Å²) in [5.74, 6) is 0. The molecule has 6 heteroatoms. The maximum absolute atomic E-state index is 10.9. The first-order chi connectivity index (χ1) is 11.6. The predicted octanol–water partition coefficient (Wildman–Crippen LogP) is 4.85. The van der Waals surface area contributed by atoms with Gasteiger partial charge in [0.2, 0.25) is 0 Å². The monoisotopic (exact) mass is 339 g/mol. The highest BCUT2D eigenvalue weighted by Gasteiger charge is 2.16. The lowest BCUT2D eigenvalue weighted by atomic mass is 10.1. The Kier molecular flexibility index (Phi) is 4.66. The van der Waals surface area contributed by atoms with Crippen molar-refractivity contribution in [3.63, 3.8) is 0 Å². The van der Waals surface area contributed by atoms with E-state index in [1.54, 1.807) is 23.9 Å². The molecule has 0 aliphatic rings. The molecule has 0 aliphatic heterocycles. The number of non-ortho nitro benzene ring substituents is 1. The summed E-state index contributed by atoms with van der Waals surface area (Å²) in [5.41, 5.74) is 3.19. The van der Waals surface area contributed by atoms with Crippen LogP contribution in [-0.2, 0) is 7.05 Å². The van der Waals surface area contributed by atoms with Crippen LogP contribution in [-0.4, -0.2) is 14.5 Å². The molecule has 0 amide bonds. The Labute approximate surface area is 144 Å². The van der Waals surface area contributed by atoms with Crippen molar-refractivity contribution in [1.82, 2.24) is 9.55 Å². The summed E-state index contributed by atoms with van der Waals surface area (Å²) in [6, 6.07) is 16.9. The van der Waals surface area contributed by atoms with Crippen molar-refractivity contribution in [2.75, 3.05) is 0 Å². The number of benzene rings is 2. The Morgan fingerprint density at radius 3 is 2.62 bits per heavy atom. The summed E-state index contributed by atoms with van der Waals surface area (Å²) in [4.78, 5) is 15.1. The van der Waals surface area contributed by atoms with E-state index in [1.165, 1.54) is 6.07 Å². The second-order valence-corrected chi connectivity index (χ2v) is 6.77. The Bertz CT molecular complexity index is 862. The smallest absolute Gasteiger partial charge is 0.269 e. The van der Waals surface area contributed by atoms with Crippen molar-refractivity contribution in [2.24, 2.45) is 7.05 Å². The van der Waals surface area contributed by atoms with Crippen LogP contribution in [0, 0.1) is 10.1 Å². The fraction of sp³-hybridized carbons (Fsp3) is 0.167. The lowest BCUT2D eigenvalue weighted by Gasteiger charge is -2.12. The van der Waals surface area contributed by atoms with Gasteiger partial charge < -0.3 is 4.57 Å². The average molecular weight is 339 g/mol. The summed E-state index contributed by atoms with van der Waals surface area (Å²) in [5, 5.41) is 11.9. The molecule has 1 unspecified atom stereocenters. The van der Waals surface area contributed by atoms with Crippen molar-refractivity contribution < 1.29 is 4.92 Å². The van der Waals surface area contributed by atoms with E-state index in [2.05, 4.69) is 17.1 Å². The maximum Gasteiger partial charge on any atom is 0.269 e. The van der Waals surface area contributed by atoms with Gasteiger partial charge in [0.25, 0.3) is 5.69 Å². The molecule has 2 aromatic carbocycles. The van der Waals surface area contributed by atoms with Crippen molar-refractivity contribution in [3.05, 3.63) is 76.5 Å². The molecule has 1 aromatic heterocycles. The van der Waals surface area contributed by atoms with Gasteiger partial charge in [0.1, 0.15) is 0 Å². The molecule has 0 aliphatic carbocycles. The van der Waals surface area contributed by atoms with Crippen LogP contribution in [0.1, 0.15) is 17.7 Å². The number of nitro benzene ring substituents is 1. The van der Waals surface area contributed by atoms with Gasteiger partial charge in [0.15, 0.2) is 5.16 Å². The summed E-state index contributed by atoms with van der Waals surface area (Å²) < 4.78 is 2.05. The lowest BCUT2D eigenvalue weighted by molar-refractivity contribution is -0.384. The largest absolute Gasteiger partial charge is 0.322 e. The minimum absolute atomic E-state index is 0.0645. The van der Waals surface area contributed by atoms with E-state index < -0.39 is 0 Å². The number of nitro groups is 1. The highest BCUT2D eigenvalue weighted by atomic mass is 32.2. The van der Waals surface area contributed by atoms with Gasteiger partial charge >= 0.3 is 0 Å². The van der Waals surface area contributed by atoms with E-state index >= 15 is 0 Å². The van der Waals surface area contributed by atoms with E-state index in [1.807, 2.05) is 49.0 Å². The van der Waals surface area contributed by atoms with Crippen molar-refractivity contribution in [1.29, 1.82) is 0 Å². The van der Waals surface area contributed by atoms with E-state index in [0.717, 1.165) is 22.0 Å². The van der Waals surface area contributed by atoms with Gasteiger partial charge in [-0.1, -0.05) is 54.2 Å². The number of rotatable bonds is 5. The second kappa shape index (κ2) is 6.88. The summed E-state index contributed by atoms with van der Waals surface area (Å²) in [7, 11) is 1.98. The molecule has 122 valence electrons. The van der Waals surface area contributed by atoms with Gasteiger partial charge in [0, 0.05) is 24.4 Å². The van der Waals surface area contributed by atoms with Crippen LogP contribution >= 0.6 is 11.8 Å². The topological polar surface area (TPSA) is 61.0 Å². The van der Waals surface area contributed by atoms with Crippen molar-refractivity contribution in [2.45, 2.75) is 17.3 Å². The zero-order chi connectivity index (χ0) is 17.1. The molecule has 24 heavy (non-hydrogen) atoms. The zero-order valence-electron chi connectivity index (χ0n) is 13.4. The molecule has 5 nitrogen and oxygen atoms in total. The lowest BCUT2D eigenvalue weighted by Crippen LogP contribution is -1.97. The van der Waals surface area contributed by atoms with Crippen molar-refractivity contribution >= 4 is 17.4 Å². The van der Waals surface area contributed by atoms with Crippen LogP contribution in [0.4, 0.5) is 5.69 Å². The quantitative estimate of drug-likeness (QED) is 0.379. The third-order valence-electron chi connectivity index (χ3n) is 3.85. The molecule has 1 heterocycles. The molecule has 0 saturated carbocycles. The molecule has 3 rings (SSSR count). The Balaban J connectivity index is 1.83. The highest BCUT2D eigenvalue weighted by Crippen LogP contribution is 2.36. The van der Waals surface area contributed by atoms with Gasteiger partial charge in [-0.25, -0.2) is 4.98 Å². The Morgan fingerprint density at radius 1 is 1.17 bits per heavy atom. The number of hydrogen-bond donors (Lipinski definition) is 0. The normalized spacial score (nSPS) is 12.1. The fourth-order valence-electron chi connectivity index (χ4n) is 2.50. The van der Waals surface area contributed by atoms with Crippen LogP contribution in [0.25, 0.3) is 11.3 Å². The molecule has 3 aromatic rings. The maximum atomic E-state index is 10.9. The summed E-state index contributed by atoms with van der Waals surface area (Å²) >= 11 is 1.59. The number of imidazole rings is 1. The number of thioether (sulfide) groups is 1. The van der Waals surface area contributed by atoms with Gasteiger partial charge in [0.05, 0.1) is 16.8 Å². The van der Waals surface area contributed by atoms with Crippen LogP contribution in [0.2, 0.25) is 0 Å². The second-order valence-electron chi connectivity index (χ2n) is 5.46. The summed E-state index contributed by atoms with van der Waals surface area (Å²) in [6.07, 6.45) is 1.86. The van der Waals surface area contributed by atoms with Crippen LogP contribution in [0.15, 0.2) is 66.0 Å². The first-order valence-corrected chi connectivity index (χ1v) is 8.42. The van der Waals surface area contributed by atoms with E-state index in [-0.39, 0.29) is 15.9 Å². The molecular formula is C18H17N3O2S. The minimum atomic E-state index is -0.366. The third kappa shape index (κ3) is 3.33. The summed E-state index contributed by atoms with van der Waals surface area (Å²) in [6.45, 7) is 2.03. The predicted molar refractivity (Wildman–Crippen MR) is 96.0 cm³/mol. The first-order valence-electron chi connectivity index (χ1n) is 7.54. The van der Waals surface area contributed by atoms with E-state index in [4.69, 9.17) is 0 Å². The van der Waals surface area contributed by atoms with Crippen LogP contribution in [0.3, 0.4) is 0 Å². The van der Waals surface area contributed by atoms with E-state index in [0.29, 0.717) is 0 Å². The molecule has 0 N–H and O–H groups in total. The standard InChI is InChI=1S/C18H17N3O2S/c1-13(15-9-6-10-16(11-15)21(22)23)24-18-19-12-17(20(18)2)14-7-4-3-5-8-14/h3-13H,1-2H3. The molecule has 0 fully saturated rings. The molecule has 0 bridgehead atoms. The first kappa shape index (κ1) is 16.3. The van der Waals surface area contributed by atoms with Gasteiger partial charge in [-0.15, -0.1) is 0 Å². The highest BCUT2D eigenvalue weighted by molar-refractivity contribution is 7.99. The molecular weight excluding hydrogens is 322 g/mol. The fourth-order valence-corrected chi connectivity index (χ4v) is 3.47. The minimum Gasteiger partial charge on any atom is -0.322 e. The number of aromatic nitrogens is 2. The van der Waals surface area contributed by atoms with Crippen molar-refractivity contribution in [3.8, 4) is 11.3 Å². The molecule has 0 radical (unpaired) electrons. The molecule has 1 atom stereocenters. The van der Waals surface area contributed by atoms with Gasteiger partial charge in [-0.2, -0.15) is 0 Å². The van der Waals surface area contributed by atoms with Gasteiger partial charge in [-0.3, -0.25) is 10.1 Å². The van der Waals surface area contributed by atoms with Gasteiger partial charge in [-0.05, 0) is 18.1 Å². The average Bonchev–Trinajstić information content (AvgIpc) is 2.96. The number of nitrogens with zero attached hydrogens (tertiary/aromatic N) is 3. The van der Waals surface area contributed by atoms with E-state index in [9.17, 15) is 10.1 Å². The Morgan fingerprint density at radius 2 is 1.92 bits per heavy atom. The molecule has 0 spiro atoms. The van der Waals surface area contributed by atoms with Crippen LogP contribution < -0.4 is 0 Å². The Hall–Kier alpha value is -2.60. The number of hydrogen-bond acceptors (Lipinski definition) is 4. The van der Waals surface area contributed by atoms with Crippen LogP contribution in [0.5, 0.6) is 0 Å². The zero-order valence-corrected chi connectivity index (χ0v) is 14.2.